The number of halogens is 2. The van der Waals surface area contributed by atoms with E-state index in [1.165, 1.54) is 12.1 Å². The van der Waals surface area contributed by atoms with Crippen LogP contribution < -0.4 is 9.62 Å². The summed E-state index contributed by atoms with van der Waals surface area (Å²) >= 11 is 13.8. The van der Waals surface area contributed by atoms with E-state index in [9.17, 15) is 13.2 Å². The molecule has 0 aliphatic rings. The maximum Gasteiger partial charge on any atom is 0.264 e. The van der Waals surface area contributed by atoms with Crippen LogP contribution in [-0.2, 0) is 20.6 Å². The number of carbonyl (C=O) groups is 1. The van der Waals surface area contributed by atoms with Gasteiger partial charge in [0.05, 0.1) is 10.6 Å². The van der Waals surface area contributed by atoms with E-state index in [-0.39, 0.29) is 11.4 Å². The molecule has 3 rings (SSSR count). The predicted molar refractivity (Wildman–Crippen MR) is 138 cm³/mol. The normalized spacial score (nSPS) is 11.2. The van der Waals surface area contributed by atoms with E-state index in [0.29, 0.717) is 33.6 Å². The molecule has 0 aromatic heterocycles. The first-order chi connectivity index (χ1) is 15.8. The highest BCUT2D eigenvalue weighted by atomic mass is 35.5. The first-order valence-electron chi connectivity index (χ1n) is 10.2. The Hall–Kier alpha value is -2.19. The van der Waals surface area contributed by atoms with Crippen LogP contribution in [-0.4, -0.2) is 33.2 Å². The molecule has 1 N–H and O–H groups in total. The zero-order chi connectivity index (χ0) is 23.8. The zero-order valence-corrected chi connectivity index (χ0v) is 21.1. The Morgan fingerprint density at radius 3 is 2.42 bits per heavy atom. The van der Waals surface area contributed by atoms with Crippen LogP contribution in [0.5, 0.6) is 0 Å². The van der Waals surface area contributed by atoms with Gasteiger partial charge >= 0.3 is 0 Å². The molecule has 3 aromatic rings. The molecule has 0 aliphatic heterocycles. The second-order valence-corrected chi connectivity index (χ2v) is 11.1. The molecule has 0 saturated heterocycles. The summed E-state index contributed by atoms with van der Waals surface area (Å²) in [5, 5.41) is 3.90. The lowest BCUT2D eigenvalue weighted by molar-refractivity contribution is -0.119. The van der Waals surface area contributed by atoms with E-state index in [1.54, 1.807) is 55.1 Å². The molecule has 0 bridgehead atoms. The van der Waals surface area contributed by atoms with Crippen molar-refractivity contribution in [2.45, 2.75) is 17.6 Å². The fourth-order valence-electron chi connectivity index (χ4n) is 3.14. The van der Waals surface area contributed by atoms with Crippen molar-refractivity contribution in [2.24, 2.45) is 0 Å². The number of nitrogens with one attached hydrogen (secondary N) is 1. The Balaban J connectivity index is 1.67. The van der Waals surface area contributed by atoms with Crippen LogP contribution in [0.25, 0.3) is 0 Å². The van der Waals surface area contributed by atoms with Crippen LogP contribution in [0.4, 0.5) is 5.69 Å². The average Bonchev–Trinajstić information content (AvgIpc) is 2.79. The summed E-state index contributed by atoms with van der Waals surface area (Å²) in [5.74, 6) is 1.06. The minimum atomic E-state index is -3.97. The lowest BCUT2D eigenvalue weighted by Crippen LogP contribution is -2.41. The first kappa shape index (κ1) is 25.4. The van der Waals surface area contributed by atoms with Gasteiger partial charge in [-0.05, 0) is 54.4 Å². The number of benzene rings is 3. The number of sulfonamides is 1. The van der Waals surface area contributed by atoms with Crippen molar-refractivity contribution < 1.29 is 13.2 Å². The Morgan fingerprint density at radius 1 is 0.970 bits per heavy atom. The number of amides is 1. The molecule has 0 unspecified atom stereocenters. The third kappa shape index (κ3) is 7.14. The molecule has 0 radical (unpaired) electrons. The Labute approximate surface area is 209 Å². The molecule has 0 spiro atoms. The summed E-state index contributed by atoms with van der Waals surface area (Å²) in [4.78, 5) is 12.8. The second kappa shape index (κ2) is 11.8. The molecule has 33 heavy (non-hydrogen) atoms. The van der Waals surface area contributed by atoms with E-state index in [4.69, 9.17) is 23.2 Å². The average molecular weight is 524 g/mol. The minimum absolute atomic E-state index is 0.106. The van der Waals surface area contributed by atoms with E-state index in [2.05, 4.69) is 5.32 Å². The molecule has 174 valence electrons. The number of rotatable bonds is 10. The van der Waals surface area contributed by atoms with Crippen molar-refractivity contribution in [1.29, 1.82) is 0 Å². The highest BCUT2D eigenvalue weighted by Crippen LogP contribution is 2.29. The maximum absolute atomic E-state index is 13.4. The van der Waals surface area contributed by atoms with Gasteiger partial charge in [0.2, 0.25) is 5.91 Å². The van der Waals surface area contributed by atoms with Gasteiger partial charge in [-0.1, -0.05) is 59.6 Å². The van der Waals surface area contributed by atoms with Crippen LogP contribution in [0.15, 0.2) is 77.7 Å². The van der Waals surface area contributed by atoms with Crippen molar-refractivity contribution in [1.82, 2.24) is 5.32 Å². The lowest BCUT2D eigenvalue weighted by Gasteiger charge is -2.25. The fourth-order valence-corrected chi connectivity index (χ4v) is 5.82. The third-order valence-electron chi connectivity index (χ3n) is 4.78. The summed E-state index contributed by atoms with van der Waals surface area (Å²) in [6, 6.07) is 20.7. The number of hydrogen-bond donors (Lipinski definition) is 1. The van der Waals surface area contributed by atoms with Crippen molar-refractivity contribution in [3.05, 3.63) is 94.0 Å². The van der Waals surface area contributed by atoms with Crippen molar-refractivity contribution >= 4 is 56.6 Å². The van der Waals surface area contributed by atoms with Gasteiger partial charge in [0.25, 0.3) is 10.0 Å². The van der Waals surface area contributed by atoms with Crippen LogP contribution in [0.1, 0.15) is 11.1 Å². The summed E-state index contributed by atoms with van der Waals surface area (Å²) in [6.07, 6.45) is 0. The summed E-state index contributed by atoms with van der Waals surface area (Å²) in [7, 11) is -3.97. The number of aryl methyl sites for hydroxylation is 1. The highest BCUT2D eigenvalue weighted by Gasteiger charge is 2.28. The van der Waals surface area contributed by atoms with Gasteiger partial charge in [-0.3, -0.25) is 9.10 Å². The largest absolute Gasteiger partial charge is 0.354 e. The molecule has 9 heteroatoms. The number of carbonyl (C=O) groups excluding carboxylic acids is 1. The second-order valence-electron chi connectivity index (χ2n) is 7.29. The van der Waals surface area contributed by atoms with Gasteiger partial charge in [-0.15, -0.1) is 0 Å². The molecule has 0 heterocycles. The molecular formula is C24H24Cl2N2O3S2. The first-order valence-corrected chi connectivity index (χ1v) is 13.6. The van der Waals surface area contributed by atoms with Crippen molar-refractivity contribution in [2.75, 3.05) is 23.1 Å². The highest BCUT2D eigenvalue weighted by molar-refractivity contribution is 7.98. The monoisotopic (exact) mass is 522 g/mol. The third-order valence-corrected chi connectivity index (χ3v) is 8.06. The Morgan fingerprint density at radius 2 is 1.70 bits per heavy atom. The molecule has 0 atom stereocenters. The minimum Gasteiger partial charge on any atom is -0.354 e. The quantitative estimate of drug-likeness (QED) is 0.354. The van der Waals surface area contributed by atoms with Crippen LogP contribution in [0.3, 0.4) is 0 Å². The van der Waals surface area contributed by atoms with Crippen molar-refractivity contribution in [3.63, 3.8) is 0 Å². The van der Waals surface area contributed by atoms with E-state index < -0.39 is 15.9 Å². The fraction of sp³-hybridized carbons (Fsp3) is 0.208. The summed E-state index contributed by atoms with van der Waals surface area (Å²) in [5.41, 5.74) is 2.18. The Kier molecular flexibility index (Phi) is 9.09. The summed E-state index contributed by atoms with van der Waals surface area (Å²) < 4.78 is 27.9. The standard InChI is InChI=1S/C24H24Cl2N2O3S2/c1-18-10-11-21(26)15-23(18)28(33(30,31)22-8-3-2-4-9-22)16-24(29)27-12-13-32-17-19-6-5-7-20(25)14-19/h2-11,14-15H,12-13,16-17H2,1H3,(H,27,29). The van der Waals surface area contributed by atoms with Gasteiger partial charge in [-0.25, -0.2) is 8.42 Å². The SMILES string of the molecule is Cc1ccc(Cl)cc1N(CC(=O)NCCSCc1cccc(Cl)c1)S(=O)(=O)c1ccccc1. The van der Waals surface area contributed by atoms with Gasteiger partial charge in [0.15, 0.2) is 0 Å². The zero-order valence-electron chi connectivity index (χ0n) is 18.0. The van der Waals surface area contributed by atoms with Gasteiger partial charge in [-0.2, -0.15) is 11.8 Å². The molecular weight excluding hydrogens is 499 g/mol. The van der Waals surface area contributed by atoms with E-state index >= 15 is 0 Å². The molecule has 0 aliphatic carbocycles. The summed E-state index contributed by atoms with van der Waals surface area (Å²) in [6.45, 7) is 1.85. The molecule has 0 saturated carbocycles. The molecule has 5 nitrogen and oxygen atoms in total. The maximum atomic E-state index is 13.4. The van der Waals surface area contributed by atoms with Gasteiger partial charge in [0.1, 0.15) is 6.54 Å². The lowest BCUT2D eigenvalue weighted by atomic mass is 10.2. The smallest absolute Gasteiger partial charge is 0.264 e. The predicted octanol–water partition coefficient (Wildman–Crippen LogP) is 5.55. The number of thioether (sulfide) groups is 1. The molecule has 1 amide bonds. The van der Waals surface area contributed by atoms with Gasteiger partial charge in [0, 0.05) is 28.1 Å². The van der Waals surface area contributed by atoms with Crippen LogP contribution in [0, 0.1) is 6.92 Å². The van der Waals surface area contributed by atoms with E-state index in [0.717, 1.165) is 15.6 Å². The topological polar surface area (TPSA) is 66.5 Å². The van der Waals surface area contributed by atoms with E-state index in [1.807, 2.05) is 24.3 Å². The van der Waals surface area contributed by atoms with Crippen molar-refractivity contribution in [3.8, 4) is 0 Å². The Bertz CT molecular complexity index is 1210. The number of nitrogens with zero attached hydrogens (tertiary/aromatic N) is 1. The number of hydrogen-bond acceptors (Lipinski definition) is 4. The van der Waals surface area contributed by atoms with Gasteiger partial charge < -0.3 is 5.32 Å². The number of anilines is 1. The molecule has 0 fully saturated rings. The van der Waals surface area contributed by atoms with Crippen LogP contribution >= 0.6 is 35.0 Å². The molecule has 3 aromatic carbocycles. The van der Waals surface area contributed by atoms with Crippen LogP contribution in [0.2, 0.25) is 10.0 Å².